The number of amides is 2. The maximum atomic E-state index is 13.3. The Hall–Kier alpha value is -2.68. The molecule has 3 rings (SSSR count). The van der Waals surface area contributed by atoms with Crippen LogP contribution in [0.4, 0.5) is 5.69 Å². The number of carbonyl (C=O) groups excluding carboxylic acids is 3. The van der Waals surface area contributed by atoms with Crippen molar-refractivity contribution >= 4 is 33.1 Å². The van der Waals surface area contributed by atoms with Crippen LogP contribution >= 0.6 is 0 Å². The van der Waals surface area contributed by atoms with Crippen LogP contribution in [0.25, 0.3) is 0 Å². The molecule has 2 amide bonds. The van der Waals surface area contributed by atoms with Crippen LogP contribution in [-0.4, -0.2) is 56.9 Å². The van der Waals surface area contributed by atoms with Gasteiger partial charge in [-0.1, -0.05) is 37.0 Å². The predicted molar refractivity (Wildman–Crippen MR) is 127 cm³/mol. The maximum absolute atomic E-state index is 13.3. The van der Waals surface area contributed by atoms with E-state index < -0.39 is 21.4 Å². The van der Waals surface area contributed by atoms with Crippen LogP contribution in [0.3, 0.4) is 0 Å². The van der Waals surface area contributed by atoms with Gasteiger partial charge in [0.2, 0.25) is 11.8 Å². The first-order valence-electron chi connectivity index (χ1n) is 11.4. The predicted octanol–water partition coefficient (Wildman–Crippen LogP) is 2.14. The number of rotatable bonds is 6. The summed E-state index contributed by atoms with van der Waals surface area (Å²) in [5.74, 6) is -0.800. The van der Waals surface area contributed by atoms with E-state index in [9.17, 15) is 22.8 Å². The average Bonchev–Trinajstić information content (AvgIpc) is 2.74. The van der Waals surface area contributed by atoms with E-state index in [1.165, 1.54) is 12.1 Å². The summed E-state index contributed by atoms with van der Waals surface area (Å²) in [5.41, 5.74) is 0.327. The second-order valence-corrected chi connectivity index (χ2v) is 11.3. The fourth-order valence-corrected chi connectivity index (χ4v) is 5.51. The van der Waals surface area contributed by atoms with Crippen LogP contribution < -0.4 is 15.5 Å². The number of allylic oxidation sites excluding steroid dienone is 1. The minimum Gasteiger partial charge on any atom is -0.363 e. The summed E-state index contributed by atoms with van der Waals surface area (Å²) in [7, 11) is -3.44. The van der Waals surface area contributed by atoms with Gasteiger partial charge in [0.25, 0.3) is 0 Å². The third-order valence-corrected chi connectivity index (χ3v) is 7.40. The number of anilines is 1. The van der Waals surface area contributed by atoms with Gasteiger partial charge in [-0.3, -0.25) is 14.4 Å². The molecule has 1 unspecified atom stereocenters. The molecule has 0 aromatic heterocycles. The van der Waals surface area contributed by atoms with E-state index >= 15 is 0 Å². The molecule has 1 aliphatic heterocycles. The molecule has 0 spiro atoms. The Kier molecular flexibility index (Phi) is 7.62. The summed E-state index contributed by atoms with van der Waals surface area (Å²) in [6, 6.07) is 5.95. The smallest absolute Gasteiger partial charge is 0.246 e. The van der Waals surface area contributed by atoms with Crippen LogP contribution in [0, 0.1) is 0 Å². The molecule has 33 heavy (non-hydrogen) atoms. The summed E-state index contributed by atoms with van der Waals surface area (Å²) < 4.78 is 24.3. The van der Waals surface area contributed by atoms with Crippen molar-refractivity contribution in [2.24, 2.45) is 0 Å². The number of piperidine rings is 1. The molecule has 2 fully saturated rings. The summed E-state index contributed by atoms with van der Waals surface area (Å²) in [5, 5.41) is 5.80. The molecular formula is C24H33N3O5S. The topological polar surface area (TPSA) is 113 Å². The van der Waals surface area contributed by atoms with Crippen molar-refractivity contribution in [2.45, 2.75) is 68.8 Å². The molecule has 1 saturated carbocycles. The van der Waals surface area contributed by atoms with Crippen molar-refractivity contribution in [3.05, 3.63) is 35.9 Å². The Morgan fingerprint density at radius 3 is 2.39 bits per heavy atom. The van der Waals surface area contributed by atoms with Crippen LogP contribution in [-0.2, 0) is 24.2 Å². The lowest BCUT2D eigenvalue weighted by molar-refractivity contribution is -0.136. The minimum absolute atomic E-state index is 0.00854. The number of nitrogens with zero attached hydrogens (tertiary/aromatic N) is 1. The Morgan fingerprint density at radius 2 is 1.79 bits per heavy atom. The molecule has 8 nitrogen and oxygen atoms in total. The lowest BCUT2D eigenvalue weighted by atomic mass is 9.80. The highest BCUT2D eigenvalue weighted by atomic mass is 32.2. The zero-order chi connectivity index (χ0) is 24.2. The van der Waals surface area contributed by atoms with E-state index in [4.69, 9.17) is 0 Å². The first kappa shape index (κ1) is 25.0. The zero-order valence-electron chi connectivity index (χ0n) is 19.5. The zero-order valence-corrected chi connectivity index (χ0v) is 20.3. The average molecular weight is 476 g/mol. The van der Waals surface area contributed by atoms with E-state index in [-0.39, 0.29) is 29.0 Å². The lowest BCUT2D eigenvalue weighted by Gasteiger charge is -2.39. The number of carbonyl (C=O) groups is 3. The number of nitrogens with one attached hydrogen (secondary N) is 2. The molecular weight excluding hydrogens is 442 g/mol. The fraction of sp³-hybridized carbons (Fsp3) is 0.542. The Labute approximate surface area is 195 Å². The molecule has 1 saturated heterocycles. The van der Waals surface area contributed by atoms with Crippen molar-refractivity contribution in [3.63, 3.8) is 0 Å². The SMILES string of the molecule is CC(C)=CC(=O)NC1(C(=O)NC2CCN(c3ccccc3S(C)(=O)=O)CC2=O)CCCCC1. The van der Waals surface area contributed by atoms with Gasteiger partial charge in [0.05, 0.1) is 23.2 Å². The number of para-hydroxylation sites is 1. The van der Waals surface area contributed by atoms with Crippen molar-refractivity contribution < 1.29 is 22.8 Å². The normalized spacial score (nSPS) is 20.6. The largest absolute Gasteiger partial charge is 0.363 e. The molecule has 1 aromatic rings. The van der Waals surface area contributed by atoms with Gasteiger partial charge in [-0.05, 0) is 45.2 Å². The molecule has 1 heterocycles. The molecule has 2 N–H and O–H groups in total. The third kappa shape index (κ3) is 6.01. The van der Waals surface area contributed by atoms with Gasteiger partial charge in [-0.25, -0.2) is 8.42 Å². The van der Waals surface area contributed by atoms with Crippen LogP contribution in [0.5, 0.6) is 0 Å². The quantitative estimate of drug-likeness (QED) is 0.610. The molecule has 2 aliphatic rings. The Morgan fingerprint density at radius 1 is 1.12 bits per heavy atom. The molecule has 0 radical (unpaired) electrons. The van der Waals surface area contributed by atoms with E-state index in [0.29, 0.717) is 31.5 Å². The number of ketones is 1. The number of hydrogen-bond acceptors (Lipinski definition) is 6. The van der Waals surface area contributed by atoms with Crippen molar-refractivity contribution in [2.75, 3.05) is 24.2 Å². The van der Waals surface area contributed by atoms with Crippen LogP contribution in [0.1, 0.15) is 52.4 Å². The molecule has 1 aromatic carbocycles. The number of Topliss-reactive ketones (excluding diaryl/α,β-unsaturated/α-hetero) is 1. The van der Waals surface area contributed by atoms with Crippen LogP contribution in [0.2, 0.25) is 0 Å². The van der Waals surface area contributed by atoms with Crippen molar-refractivity contribution in [1.29, 1.82) is 0 Å². The van der Waals surface area contributed by atoms with E-state index in [2.05, 4.69) is 10.6 Å². The number of hydrogen-bond donors (Lipinski definition) is 2. The highest BCUT2D eigenvalue weighted by molar-refractivity contribution is 7.90. The second kappa shape index (κ2) is 10.1. The van der Waals surface area contributed by atoms with Gasteiger partial charge >= 0.3 is 0 Å². The van der Waals surface area contributed by atoms with Gasteiger partial charge in [-0.15, -0.1) is 0 Å². The summed E-state index contributed by atoms with van der Waals surface area (Å²) in [4.78, 5) is 40.6. The molecule has 1 aliphatic carbocycles. The summed E-state index contributed by atoms with van der Waals surface area (Å²) >= 11 is 0. The first-order valence-corrected chi connectivity index (χ1v) is 13.3. The molecule has 9 heteroatoms. The number of sulfone groups is 1. The molecule has 180 valence electrons. The lowest BCUT2D eigenvalue weighted by Crippen LogP contribution is -2.63. The summed E-state index contributed by atoms with van der Waals surface area (Å²) in [6.07, 6.45) is 6.73. The van der Waals surface area contributed by atoms with Gasteiger partial charge in [-0.2, -0.15) is 0 Å². The maximum Gasteiger partial charge on any atom is 0.246 e. The van der Waals surface area contributed by atoms with Gasteiger partial charge in [0, 0.05) is 18.9 Å². The highest BCUT2D eigenvalue weighted by Crippen LogP contribution is 2.30. The summed E-state index contributed by atoms with van der Waals surface area (Å²) in [6.45, 7) is 4.08. The van der Waals surface area contributed by atoms with E-state index in [0.717, 1.165) is 31.1 Å². The Balaban J connectivity index is 1.72. The highest BCUT2D eigenvalue weighted by Gasteiger charge is 2.42. The molecule has 0 bridgehead atoms. The van der Waals surface area contributed by atoms with Gasteiger partial charge in [0.15, 0.2) is 15.6 Å². The second-order valence-electron chi connectivity index (χ2n) is 9.30. The van der Waals surface area contributed by atoms with Crippen molar-refractivity contribution in [1.82, 2.24) is 10.6 Å². The van der Waals surface area contributed by atoms with Gasteiger partial charge in [0.1, 0.15) is 5.54 Å². The minimum atomic E-state index is -3.44. The monoisotopic (exact) mass is 475 g/mol. The fourth-order valence-electron chi connectivity index (χ4n) is 4.61. The van der Waals surface area contributed by atoms with E-state index in [1.54, 1.807) is 23.1 Å². The van der Waals surface area contributed by atoms with Gasteiger partial charge < -0.3 is 15.5 Å². The first-order chi connectivity index (χ1) is 15.5. The third-order valence-electron chi connectivity index (χ3n) is 6.26. The standard InChI is InChI=1S/C24H33N3O5S/c1-17(2)15-22(29)26-24(12-7-4-8-13-24)23(30)25-18-11-14-27(16-20(18)28)19-9-5-6-10-21(19)33(3,31)32/h5-6,9-10,15,18H,4,7-8,11-14,16H2,1-3H3,(H,25,30)(H,26,29). The Bertz CT molecular complexity index is 1050. The van der Waals surface area contributed by atoms with Crippen LogP contribution in [0.15, 0.2) is 40.8 Å². The number of benzene rings is 1. The molecule has 1 atom stereocenters. The van der Waals surface area contributed by atoms with Crippen molar-refractivity contribution in [3.8, 4) is 0 Å². The van der Waals surface area contributed by atoms with E-state index in [1.807, 2.05) is 13.8 Å².